The molecule has 3 rings (SSSR count). The number of carbonyl (C=O) groups excluding carboxylic acids is 1. The van der Waals surface area contributed by atoms with Crippen molar-refractivity contribution in [1.82, 2.24) is 4.90 Å². The molecule has 3 nitrogen and oxygen atoms in total. The molecular weight excluding hydrogens is 274 g/mol. The van der Waals surface area contributed by atoms with E-state index in [1.807, 2.05) is 35.2 Å². The van der Waals surface area contributed by atoms with Gasteiger partial charge in [-0.3, -0.25) is 4.79 Å². The number of para-hydroxylation sites is 1. The van der Waals surface area contributed by atoms with E-state index in [2.05, 4.69) is 31.2 Å². The van der Waals surface area contributed by atoms with Gasteiger partial charge in [-0.2, -0.15) is 0 Å². The lowest BCUT2D eigenvalue weighted by Crippen LogP contribution is -2.34. The van der Waals surface area contributed by atoms with E-state index in [1.54, 1.807) is 7.11 Å². The maximum absolute atomic E-state index is 12.9. The molecule has 1 fully saturated rings. The highest BCUT2D eigenvalue weighted by Gasteiger charge is 2.34. The topological polar surface area (TPSA) is 29.5 Å². The van der Waals surface area contributed by atoms with E-state index in [-0.39, 0.29) is 11.9 Å². The summed E-state index contributed by atoms with van der Waals surface area (Å²) in [5.74, 6) is 1.11. The molecule has 1 amide bonds. The third-order valence-corrected chi connectivity index (χ3v) is 4.44. The van der Waals surface area contributed by atoms with E-state index in [9.17, 15) is 4.79 Å². The number of carbonyl (C=O) groups is 1. The lowest BCUT2D eigenvalue weighted by atomic mass is 9.97. The van der Waals surface area contributed by atoms with Crippen molar-refractivity contribution in [2.45, 2.75) is 25.3 Å². The number of likely N-dealkylation sites (tertiary alicyclic amines) is 1. The molecule has 114 valence electrons. The van der Waals surface area contributed by atoms with Gasteiger partial charge in [-0.25, -0.2) is 0 Å². The monoisotopic (exact) mass is 295 g/mol. The highest BCUT2D eigenvalue weighted by Crippen LogP contribution is 2.33. The molecule has 3 heteroatoms. The predicted octanol–water partition coefficient (Wildman–Crippen LogP) is 3.71. The van der Waals surface area contributed by atoms with E-state index < -0.39 is 0 Å². The molecule has 0 spiro atoms. The first-order valence-corrected chi connectivity index (χ1v) is 7.69. The zero-order valence-corrected chi connectivity index (χ0v) is 13.0. The zero-order chi connectivity index (χ0) is 15.5. The molecule has 0 bridgehead atoms. The SMILES string of the molecule is COc1ccccc1C(=O)N1CC(c2ccccc2)CC1C. The number of methoxy groups -OCH3 is 1. The molecule has 2 aromatic rings. The Balaban J connectivity index is 1.82. The number of rotatable bonds is 3. The average molecular weight is 295 g/mol. The van der Waals surface area contributed by atoms with Gasteiger partial charge in [0.1, 0.15) is 5.75 Å². The van der Waals surface area contributed by atoms with Gasteiger partial charge in [0.25, 0.3) is 5.91 Å². The number of hydrogen-bond acceptors (Lipinski definition) is 2. The van der Waals surface area contributed by atoms with Crippen LogP contribution in [-0.2, 0) is 0 Å². The second kappa shape index (κ2) is 6.22. The third-order valence-electron chi connectivity index (χ3n) is 4.44. The molecule has 22 heavy (non-hydrogen) atoms. The number of hydrogen-bond donors (Lipinski definition) is 0. The van der Waals surface area contributed by atoms with Crippen molar-refractivity contribution in [2.24, 2.45) is 0 Å². The summed E-state index contributed by atoms with van der Waals surface area (Å²) in [7, 11) is 1.60. The first-order chi connectivity index (χ1) is 10.7. The Hall–Kier alpha value is -2.29. The van der Waals surface area contributed by atoms with Gasteiger partial charge < -0.3 is 9.64 Å². The van der Waals surface area contributed by atoms with Crippen LogP contribution in [0.2, 0.25) is 0 Å². The van der Waals surface area contributed by atoms with Gasteiger partial charge in [0.05, 0.1) is 12.7 Å². The lowest BCUT2D eigenvalue weighted by Gasteiger charge is -2.22. The Bertz CT molecular complexity index is 653. The van der Waals surface area contributed by atoms with Gasteiger partial charge in [-0.15, -0.1) is 0 Å². The Morgan fingerprint density at radius 3 is 2.50 bits per heavy atom. The van der Waals surface area contributed by atoms with Gasteiger partial charge in [0.15, 0.2) is 0 Å². The Morgan fingerprint density at radius 1 is 1.09 bits per heavy atom. The van der Waals surface area contributed by atoms with Crippen LogP contribution in [0.1, 0.15) is 35.2 Å². The molecule has 2 aromatic carbocycles. The number of benzene rings is 2. The maximum atomic E-state index is 12.9. The van der Waals surface area contributed by atoms with Gasteiger partial charge in [0.2, 0.25) is 0 Å². The van der Waals surface area contributed by atoms with Crippen LogP contribution in [0.5, 0.6) is 5.75 Å². The Labute approximate surface area is 131 Å². The minimum Gasteiger partial charge on any atom is -0.496 e. The van der Waals surface area contributed by atoms with Crippen molar-refractivity contribution in [1.29, 1.82) is 0 Å². The van der Waals surface area contributed by atoms with Crippen LogP contribution in [0.4, 0.5) is 0 Å². The molecule has 1 aliphatic rings. The van der Waals surface area contributed by atoms with Crippen molar-refractivity contribution < 1.29 is 9.53 Å². The molecule has 0 N–H and O–H groups in total. The number of nitrogens with zero attached hydrogens (tertiary/aromatic N) is 1. The van der Waals surface area contributed by atoms with Gasteiger partial charge >= 0.3 is 0 Å². The summed E-state index contributed by atoms with van der Waals surface area (Å²) in [6, 6.07) is 18.1. The molecule has 0 saturated carbocycles. The summed E-state index contributed by atoms with van der Waals surface area (Å²) in [6.45, 7) is 2.89. The van der Waals surface area contributed by atoms with Gasteiger partial charge in [-0.05, 0) is 31.0 Å². The number of amides is 1. The third kappa shape index (κ3) is 2.71. The van der Waals surface area contributed by atoms with Crippen molar-refractivity contribution in [3.63, 3.8) is 0 Å². The molecule has 1 heterocycles. The zero-order valence-electron chi connectivity index (χ0n) is 13.0. The van der Waals surface area contributed by atoms with Crippen LogP contribution in [0, 0.1) is 0 Å². The van der Waals surface area contributed by atoms with Crippen LogP contribution in [0.15, 0.2) is 54.6 Å². The molecule has 2 unspecified atom stereocenters. The fourth-order valence-electron chi connectivity index (χ4n) is 3.26. The van der Waals surface area contributed by atoms with Crippen LogP contribution < -0.4 is 4.74 Å². The Kier molecular flexibility index (Phi) is 4.14. The van der Waals surface area contributed by atoms with Crippen molar-refractivity contribution >= 4 is 5.91 Å². The summed E-state index contributed by atoms with van der Waals surface area (Å²) in [5, 5.41) is 0. The fourth-order valence-corrected chi connectivity index (χ4v) is 3.26. The van der Waals surface area contributed by atoms with Crippen LogP contribution in [0.3, 0.4) is 0 Å². The molecule has 1 aliphatic heterocycles. The van der Waals surface area contributed by atoms with Crippen molar-refractivity contribution in [2.75, 3.05) is 13.7 Å². The Morgan fingerprint density at radius 2 is 1.77 bits per heavy atom. The van der Waals surface area contributed by atoms with Crippen LogP contribution in [0.25, 0.3) is 0 Å². The van der Waals surface area contributed by atoms with Crippen molar-refractivity contribution in [3.05, 3.63) is 65.7 Å². The highest BCUT2D eigenvalue weighted by atomic mass is 16.5. The highest BCUT2D eigenvalue weighted by molar-refractivity contribution is 5.97. The first-order valence-electron chi connectivity index (χ1n) is 7.69. The molecule has 0 aliphatic carbocycles. The molecule has 2 atom stereocenters. The number of ether oxygens (including phenoxy) is 1. The second-order valence-corrected chi connectivity index (χ2v) is 5.85. The summed E-state index contributed by atoms with van der Waals surface area (Å²) in [4.78, 5) is 14.8. The van der Waals surface area contributed by atoms with E-state index >= 15 is 0 Å². The van der Waals surface area contributed by atoms with Crippen LogP contribution in [-0.4, -0.2) is 30.5 Å². The normalized spacial score (nSPS) is 20.9. The van der Waals surface area contributed by atoms with E-state index in [0.717, 1.165) is 13.0 Å². The minimum absolute atomic E-state index is 0.0587. The second-order valence-electron chi connectivity index (χ2n) is 5.85. The quantitative estimate of drug-likeness (QED) is 0.864. The van der Waals surface area contributed by atoms with Crippen LogP contribution >= 0.6 is 0 Å². The standard InChI is InChI=1S/C19H21NO2/c1-14-12-16(15-8-4-3-5-9-15)13-20(14)19(21)17-10-6-7-11-18(17)22-2/h3-11,14,16H,12-13H2,1-2H3. The van der Waals surface area contributed by atoms with Gasteiger partial charge in [-0.1, -0.05) is 42.5 Å². The summed E-state index contributed by atoms with van der Waals surface area (Å²) < 4.78 is 5.33. The lowest BCUT2D eigenvalue weighted by molar-refractivity contribution is 0.0742. The molecular formula is C19H21NO2. The fraction of sp³-hybridized carbons (Fsp3) is 0.316. The smallest absolute Gasteiger partial charge is 0.257 e. The minimum atomic E-state index is 0.0587. The van der Waals surface area contributed by atoms with E-state index in [1.165, 1.54) is 5.56 Å². The summed E-state index contributed by atoms with van der Waals surface area (Å²) >= 11 is 0. The average Bonchev–Trinajstić information content (AvgIpc) is 2.97. The largest absolute Gasteiger partial charge is 0.496 e. The first kappa shape index (κ1) is 14.6. The summed E-state index contributed by atoms with van der Waals surface area (Å²) in [6.07, 6.45) is 1.00. The molecule has 0 aromatic heterocycles. The van der Waals surface area contributed by atoms with E-state index in [0.29, 0.717) is 17.2 Å². The molecule has 0 radical (unpaired) electrons. The predicted molar refractivity (Wildman–Crippen MR) is 87.3 cm³/mol. The van der Waals surface area contributed by atoms with Gasteiger partial charge in [0, 0.05) is 18.5 Å². The maximum Gasteiger partial charge on any atom is 0.257 e. The van der Waals surface area contributed by atoms with E-state index in [4.69, 9.17) is 4.74 Å². The molecule has 1 saturated heterocycles. The van der Waals surface area contributed by atoms with Crippen molar-refractivity contribution in [3.8, 4) is 5.75 Å². The summed E-state index contributed by atoms with van der Waals surface area (Å²) in [5.41, 5.74) is 1.95.